The van der Waals surface area contributed by atoms with Crippen LogP contribution in [0.3, 0.4) is 0 Å². The second kappa shape index (κ2) is 25.3. The molecule has 0 saturated carbocycles. The number of halogens is 2. The van der Waals surface area contributed by atoms with Gasteiger partial charge >= 0.3 is 34.5 Å². The molecule has 0 spiro atoms. The molecule has 10 rings (SSSR count). The molecule has 0 bridgehead atoms. The summed E-state index contributed by atoms with van der Waals surface area (Å²) in [5, 5.41) is 13.3. The Morgan fingerprint density at radius 3 is 1.00 bits per heavy atom. The van der Waals surface area contributed by atoms with E-state index in [2.05, 4.69) is 208 Å². The van der Waals surface area contributed by atoms with Crippen molar-refractivity contribution in [1.82, 2.24) is 0 Å². The number of methoxy groups -OCH3 is 2. The first kappa shape index (κ1) is 52.6. The Bertz CT molecular complexity index is 2990. The fourth-order valence-corrected chi connectivity index (χ4v) is 14.3. The average Bonchev–Trinajstić information content (AvgIpc) is 3.44. The molecular weight excluding hydrogens is 1050 g/mol. The Labute approximate surface area is 443 Å². The Kier molecular flexibility index (Phi) is 18.5. The summed E-state index contributed by atoms with van der Waals surface area (Å²) < 4.78 is 10.5. The number of hydrogen-bond acceptors (Lipinski definition) is 4. The van der Waals surface area contributed by atoms with Crippen molar-refractivity contribution >= 4 is 88.6 Å². The number of rotatable bonds is 13. The van der Waals surface area contributed by atoms with Crippen LogP contribution in [0.4, 0.5) is 0 Å². The van der Waals surface area contributed by atoms with Gasteiger partial charge in [0.15, 0.2) is 0 Å². The van der Waals surface area contributed by atoms with Crippen molar-refractivity contribution in [2.75, 3.05) is 14.2 Å². The van der Waals surface area contributed by atoms with Crippen LogP contribution in [-0.2, 0) is 20.7 Å². The van der Waals surface area contributed by atoms with E-state index in [1.165, 1.54) is 64.5 Å². The normalized spacial score (nSPS) is 11.7. The number of benzene rings is 10. The third kappa shape index (κ3) is 11.7. The Balaban J connectivity index is 0.000000224. The minimum Gasteiger partial charge on any atom is -0.0622 e. The van der Waals surface area contributed by atoms with Gasteiger partial charge in [0.25, 0.3) is 0 Å². The molecule has 1 atom stereocenters. The number of ether oxygens (including phenoxy) is 2. The summed E-state index contributed by atoms with van der Waals surface area (Å²) in [4.78, 5) is 0. The quantitative estimate of drug-likeness (QED) is 0.0892. The molecule has 0 radical (unpaired) electrons. The average molecular weight is 1110 g/mol. The van der Waals surface area contributed by atoms with E-state index in [9.17, 15) is 0 Å². The summed E-state index contributed by atoms with van der Waals surface area (Å²) in [6.45, 7) is 4.17. The van der Waals surface area contributed by atoms with Crippen molar-refractivity contribution in [1.29, 1.82) is 0 Å². The molecular formula is C63H58Cl2N2O2P2Ru+2. The molecule has 4 nitrogen and oxygen atoms in total. The molecule has 0 unspecified atom stereocenters. The molecule has 0 heterocycles. The Morgan fingerprint density at radius 2 is 0.708 bits per heavy atom. The molecule has 0 amide bonds. The van der Waals surface area contributed by atoms with Crippen LogP contribution >= 0.6 is 35.2 Å². The molecule has 10 aromatic rings. The van der Waals surface area contributed by atoms with Gasteiger partial charge in [-0.1, -0.05) is 232 Å². The van der Waals surface area contributed by atoms with Crippen LogP contribution in [-0.4, -0.2) is 20.3 Å². The van der Waals surface area contributed by atoms with Crippen LogP contribution in [0.1, 0.15) is 25.0 Å². The first-order valence-electron chi connectivity index (χ1n) is 23.7. The van der Waals surface area contributed by atoms with Gasteiger partial charge in [-0.15, -0.1) is 0 Å². The molecule has 0 saturated heterocycles. The third-order valence-corrected chi connectivity index (χ3v) is 17.9. The molecule has 0 fully saturated rings. The maximum atomic E-state index is 6.86. The van der Waals surface area contributed by atoms with Crippen LogP contribution < -0.4 is 52.8 Å². The zero-order valence-corrected chi connectivity index (χ0v) is 45.8. The van der Waals surface area contributed by atoms with Crippen molar-refractivity contribution in [2.24, 2.45) is 17.4 Å². The third-order valence-electron chi connectivity index (χ3n) is 13.0. The molecule has 0 aliphatic heterocycles. The zero-order valence-electron chi connectivity index (χ0n) is 40.7. The van der Waals surface area contributed by atoms with Gasteiger partial charge in [-0.05, 0) is 122 Å². The molecule has 0 aromatic heterocycles. The maximum Gasteiger partial charge on any atom is -0.000884 e. The van der Waals surface area contributed by atoms with E-state index in [4.69, 9.17) is 40.3 Å². The monoisotopic (exact) mass is 1110 g/mol. The summed E-state index contributed by atoms with van der Waals surface area (Å²) in [5.41, 5.74) is 17.2. The van der Waals surface area contributed by atoms with Crippen LogP contribution in [0.2, 0.25) is 0 Å². The number of hydrogen-bond donors (Lipinski definition) is 2. The van der Waals surface area contributed by atoms with E-state index in [1.54, 1.807) is 14.2 Å². The number of fused-ring (bicyclic) bond motifs is 2. The van der Waals surface area contributed by atoms with Crippen molar-refractivity contribution in [3.05, 3.63) is 254 Å². The summed E-state index contributed by atoms with van der Waals surface area (Å²) in [6.07, 6.45) is 0. The van der Waals surface area contributed by atoms with Crippen LogP contribution in [0, 0.1) is 5.92 Å². The fraction of sp³-hybridized carbons (Fsp3) is 0.111. The van der Waals surface area contributed by atoms with Gasteiger partial charge in [-0.3, -0.25) is 0 Å². The topological polar surface area (TPSA) is 70.5 Å². The summed E-state index contributed by atoms with van der Waals surface area (Å²) >= 11 is -0.346. The fourth-order valence-electron chi connectivity index (χ4n) is 9.39. The van der Waals surface area contributed by atoms with Gasteiger partial charge in [0.1, 0.15) is 11.5 Å². The van der Waals surface area contributed by atoms with Gasteiger partial charge in [0, 0.05) is 6.04 Å². The van der Waals surface area contributed by atoms with Gasteiger partial charge in [0.2, 0.25) is 0 Å². The van der Waals surface area contributed by atoms with Crippen LogP contribution in [0.5, 0.6) is 11.5 Å². The second-order valence-electron chi connectivity index (χ2n) is 17.5. The Hall–Kier alpha value is -5.70. The van der Waals surface area contributed by atoms with Crippen molar-refractivity contribution < 1.29 is 24.6 Å². The van der Waals surface area contributed by atoms with E-state index in [-0.39, 0.29) is 27.1 Å². The molecule has 4 N–H and O–H groups in total. The van der Waals surface area contributed by atoms with Crippen LogP contribution in [0.15, 0.2) is 243 Å². The van der Waals surface area contributed by atoms with Gasteiger partial charge in [-0.25, -0.2) is 0 Å². The molecule has 0 aliphatic rings. The Morgan fingerprint density at radius 1 is 0.417 bits per heavy atom. The SMILES string of the molecule is COc1ccc(C(N)(c2ccc(OC)cc2)[C@H](N)C(C)C)cc1.[Cl][Ru+2][Cl].c1ccc(P(c2ccccc2)c2ccc3ccccc3c2-c2c(P(c3ccccc3)c3ccccc3)ccc3ccccc23)cc1. The van der Waals surface area contributed by atoms with E-state index in [0.29, 0.717) is 0 Å². The first-order valence-corrected chi connectivity index (χ1v) is 30.9. The predicted molar refractivity (Wildman–Crippen MR) is 310 cm³/mol. The van der Waals surface area contributed by atoms with Crippen LogP contribution in [0.25, 0.3) is 32.7 Å². The molecule has 9 heteroatoms. The summed E-state index contributed by atoms with van der Waals surface area (Å²) in [7, 11) is 11.3. The van der Waals surface area contributed by atoms with Crippen molar-refractivity contribution in [3.8, 4) is 22.6 Å². The van der Waals surface area contributed by atoms with Gasteiger partial charge in [0.05, 0.1) is 19.8 Å². The minimum atomic E-state index is -0.852. The largest absolute Gasteiger partial charge is 0.0622 e. The maximum absolute atomic E-state index is 6.86. The van der Waals surface area contributed by atoms with Crippen molar-refractivity contribution in [3.63, 3.8) is 0 Å². The standard InChI is InChI=1S/C44H32P2.C19H26N2O2.2ClH.Ru/c1-5-19-35(20-6-1)45(36-21-7-2-8-22-36)41-31-29-33-17-13-15-27-39(33)43(41)44-40-28-16-14-18-34(40)30-32-42(44)46(37-23-9-3-10-24-37)38-25-11-4-12-26-38;1-13(2)18(20)19(21,14-5-9-16(22-3)10-6-14)15-7-11-17(23-4)12-8-15;;;/h1-32H;5-13,18H,20-21H2,1-4H3;2*1H;/q;;;;+4/p-2/t;18-;;;/m.1.../s1. The first-order chi connectivity index (χ1) is 35.2. The minimum absolute atomic E-state index is 0.226. The molecule has 72 heavy (non-hydrogen) atoms. The molecule has 10 aromatic carbocycles. The molecule has 0 aliphatic carbocycles. The zero-order chi connectivity index (χ0) is 50.5. The van der Waals surface area contributed by atoms with E-state index in [1.807, 2.05) is 48.5 Å². The van der Waals surface area contributed by atoms with E-state index in [0.717, 1.165) is 22.6 Å². The predicted octanol–water partition coefficient (Wildman–Crippen LogP) is 13.4. The van der Waals surface area contributed by atoms with E-state index >= 15 is 0 Å². The van der Waals surface area contributed by atoms with Gasteiger partial charge < -0.3 is 20.9 Å². The smallest absolute Gasteiger partial charge is 0.000884 e. The summed E-state index contributed by atoms with van der Waals surface area (Å²) in [6, 6.07) is 87.1. The second-order valence-corrected chi connectivity index (χ2v) is 24.5. The van der Waals surface area contributed by atoms with Gasteiger partial charge in [-0.2, -0.15) is 0 Å². The summed E-state index contributed by atoms with van der Waals surface area (Å²) in [5.74, 6) is 1.82. The number of nitrogens with two attached hydrogens (primary N) is 2. The molecule has 362 valence electrons. The van der Waals surface area contributed by atoms with Crippen molar-refractivity contribution in [2.45, 2.75) is 25.4 Å². The van der Waals surface area contributed by atoms with E-state index < -0.39 is 21.4 Å².